The van der Waals surface area contributed by atoms with Crippen LogP contribution in [0.2, 0.25) is 0 Å². The van der Waals surface area contributed by atoms with E-state index in [1.54, 1.807) is 19.1 Å². The monoisotopic (exact) mass is 371 g/mol. The zero-order valence-electron chi connectivity index (χ0n) is 14.3. The molecule has 0 bridgehead atoms. The minimum atomic E-state index is -0.263. The van der Waals surface area contributed by atoms with E-state index < -0.39 is 0 Å². The number of piperidine rings is 1. The fourth-order valence-electron chi connectivity index (χ4n) is 3.19. The second-order valence-corrected chi connectivity index (χ2v) is 7.50. The molecule has 2 aromatic heterocycles. The van der Waals surface area contributed by atoms with Crippen LogP contribution in [0.1, 0.15) is 40.1 Å². The molecule has 1 aliphatic heterocycles. The standard InChI is InChI=1S/C19H18FN3O2S/c1-12-21-18(25-22-12)14-8-10-23(11-9-14)19(24)17-7-6-16(26-17)13-2-4-15(20)5-3-13/h2-7,14H,8-11H2,1H3. The van der Waals surface area contributed by atoms with E-state index in [-0.39, 0.29) is 17.6 Å². The molecule has 0 spiro atoms. The first-order valence-corrected chi connectivity index (χ1v) is 9.37. The largest absolute Gasteiger partial charge is 0.339 e. The van der Waals surface area contributed by atoms with Crippen molar-refractivity contribution in [1.29, 1.82) is 0 Å². The summed E-state index contributed by atoms with van der Waals surface area (Å²) in [6, 6.07) is 10.1. The van der Waals surface area contributed by atoms with E-state index in [4.69, 9.17) is 4.52 Å². The first kappa shape index (κ1) is 16.9. The van der Waals surface area contributed by atoms with Crippen molar-refractivity contribution in [1.82, 2.24) is 15.0 Å². The molecule has 0 unspecified atom stereocenters. The summed E-state index contributed by atoms with van der Waals surface area (Å²) in [7, 11) is 0. The van der Waals surface area contributed by atoms with Crippen LogP contribution in [0.3, 0.4) is 0 Å². The number of benzene rings is 1. The number of thiophene rings is 1. The van der Waals surface area contributed by atoms with Gasteiger partial charge in [0.2, 0.25) is 5.89 Å². The van der Waals surface area contributed by atoms with Gasteiger partial charge in [-0.05, 0) is 49.6 Å². The summed E-state index contributed by atoms with van der Waals surface area (Å²) in [6.07, 6.45) is 1.65. The minimum absolute atomic E-state index is 0.0449. The highest BCUT2D eigenvalue weighted by atomic mass is 32.1. The summed E-state index contributed by atoms with van der Waals surface area (Å²) in [6.45, 7) is 3.16. The van der Waals surface area contributed by atoms with Crippen LogP contribution in [-0.2, 0) is 0 Å². The molecule has 0 saturated carbocycles. The molecule has 0 radical (unpaired) electrons. The molecule has 3 aromatic rings. The lowest BCUT2D eigenvalue weighted by Gasteiger charge is -2.30. The number of rotatable bonds is 3. The number of amides is 1. The van der Waals surface area contributed by atoms with Crippen LogP contribution >= 0.6 is 11.3 Å². The fraction of sp³-hybridized carbons (Fsp3) is 0.316. The molecule has 1 aliphatic rings. The quantitative estimate of drug-likeness (QED) is 0.690. The zero-order valence-corrected chi connectivity index (χ0v) is 15.1. The molecule has 26 heavy (non-hydrogen) atoms. The number of likely N-dealkylation sites (tertiary alicyclic amines) is 1. The van der Waals surface area contributed by atoms with Gasteiger partial charge >= 0.3 is 0 Å². The van der Waals surface area contributed by atoms with Crippen LogP contribution in [0.5, 0.6) is 0 Å². The lowest BCUT2D eigenvalue weighted by atomic mass is 9.96. The molecule has 1 fully saturated rings. The normalized spacial score (nSPS) is 15.4. The van der Waals surface area contributed by atoms with Gasteiger partial charge in [-0.2, -0.15) is 4.98 Å². The molecule has 1 saturated heterocycles. The predicted molar refractivity (Wildman–Crippen MR) is 96.6 cm³/mol. The van der Waals surface area contributed by atoms with Gasteiger partial charge in [0.25, 0.3) is 5.91 Å². The Bertz CT molecular complexity index is 911. The highest BCUT2D eigenvalue weighted by Gasteiger charge is 2.28. The molecule has 3 heterocycles. The van der Waals surface area contributed by atoms with Crippen molar-refractivity contribution in [2.24, 2.45) is 0 Å². The van der Waals surface area contributed by atoms with Gasteiger partial charge in [0, 0.05) is 23.9 Å². The number of hydrogen-bond donors (Lipinski definition) is 0. The maximum Gasteiger partial charge on any atom is 0.263 e. The van der Waals surface area contributed by atoms with Crippen LogP contribution in [0.4, 0.5) is 4.39 Å². The van der Waals surface area contributed by atoms with Gasteiger partial charge < -0.3 is 9.42 Å². The van der Waals surface area contributed by atoms with Crippen molar-refractivity contribution in [3.63, 3.8) is 0 Å². The van der Waals surface area contributed by atoms with Crippen molar-refractivity contribution >= 4 is 17.2 Å². The second-order valence-electron chi connectivity index (χ2n) is 6.42. The molecular formula is C19H18FN3O2S. The van der Waals surface area contributed by atoms with E-state index in [9.17, 15) is 9.18 Å². The molecule has 7 heteroatoms. The topological polar surface area (TPSA) is 59.2 Å². The van der Waals surface area contributed by atoms with Crippen LogP contribution in [0.25, 0.3) is 10.4 Å². The van der Waals surface area contributed by atoms with Gasteiger partial charge in [0.05, 0.1) is 4.88 Å². The van der Waals surface area contributed by atoms with E-state index in [0.717, 1.165) is 23.3 Å². The molecule has 1 aromatic carbocycles. The first-order chi connectivity index (χ1) is 12.6. The Morgan fingerprint density at radius 2 is 1.92 bits per heavy atom. The molecule has 4 rings (SSSR count). The van der Waals surface area contributed by atoms with Crippen LogP contribution in [0.15, 0.2) is 40.9 Å². The van der Waals surface area contributed by atoms with Crippen molar-refractivity contribution in [3.05, 3.63) is 58.8 Å². The van der Waals surface area contributed by atoms with Crippen molar-refractivity contribution in [2.75, 3.05) is 13.1 Å². The van der Waals surface area contributed by atoms with E-state index in [2.05, 4.69) is 10.1 Å². The summed E-state index contributed by atoms with van der Waals surface area (Å²) in [5, 5.41) is 3.84. The SMILES string of the molecule is Cc1noc(C2CCN(C(=O)c3ccc(-c4ccc(F)cc4)s3)CC2)n1. The summed E-state index contributed by atoms with van der Waals surface area (Å²) >= 11 is 1.44. The van der Waals surface area contributed by atoms with Crippen LogP contribution < -0.4 is 0 Å². The molecule has 1 amide bonds. The van der Waals surface area contributed by atoms with Gasteiger partial charge in [-0.25, -0.2) is 4.39 Å². The number of nitrogens with zero attached hydrogens (tertiary/aromatic N) is 3. The second kappa shape index (κ2) is 6.99. The van der Waals surface area contributed by atoms with E-state index in [0.29, 0.717) is 29.7 Å². The van der Waals surface area contributed by atoms with Gasteiger partial charge in [-0.15, -0.1) is 11.3 Å². The smallest absolute Gasteiger partial charge is 0.263 e. The lowest BCUT2D eigenvalue weighted by molar-refractivity contribution is 0.0709. The molecule has 5 nitrogen and oxygen atoms in total. The van der Waals surface area contributed by atoms with E-state index >= 15 is 0 Å². The molecule has 0 N–H and O–H groups in total. The van der Waals surface area contributed by atoms with Crippen LogP contribution in [-0.4, -0.2) is 34.0 Å². The lowest BCUT2D eigenvalue weighted by Crippen LogP contribution is -2.37. The molecular weight excluding hydrogens is 353 g/mol. The highest BCUT2D eigenvalue weighted by molar-refractivity contribution is 7.17. The third kappa shape index (κ3) is 3.39. The number of carbonyl (C=O) groups excluding carboxylic acids is 1. The Labute approximate surface area is 154 Å². The number of aryl methyl sites for hydroxylation is 1. The number of hydrogen-bond acceptors (Lipinski definition) is 5. The van der Waals surface area contributed by atoms with Crippen molar-refractivity contribution in [3.8, 4) is 10.4 Å². The molecule has 0 aliphatic carbocycles. The number of halogens is 1. The van der Waals surface area contributed by atoms with Gasteiger partial charge in [-0.3, -0.25) is 4.79 Å². The zero-order chi connectivity index (χ0) is 18.1. The van der Waals surface area contributed by atoms with Gasteiger partial charge in [0.1, 0.15) is 5.82 Å². The first-order valence-electron chi connectivity index (χ1n) is 8.55. The van der Waals surface area contributed by atoms with E-state index in [1.807, 2.05) is 17.0 Å². The summed E-state index contributed by atoms with van der Waals surface area (Å²) < 4.78 is 18.3. The Morgan fingerprint density at radius 3 is 2.58 bits per heavy atom. The highest BCUT2D eigenvalue weighted by Crippen LogP contribution is 2.31. The minimum Gasteiger partial charge on any atom is -0.339 e. The Morgan fingerprint density at radius 1 is 1.19 bits per heavy atom. The predicted octanol–water partition coefficient (Wildman–Crippen LogP) is 4.27. The average Bonchev–Trinajstić information content (AvgIpc) is 3.31. The fourth-order valence-corrected chi connectivity index (χ4v) is 4.17. The maximum absolute atomic E-state index is 13.1. The molecule has 134 valence electrons. The van der Waals surface area contributed by atoms with E-state index in [1.165, 1.54) is 23.5 Å². The van der Waals surface area contributed by atoms with Gasteiger partial charge in [0.15, 0.2) is 5.82 Å². The Hall–Kier alpha value is -2.54. The summed E-state index contributed by atoms with van der Waals surface area (Å²) in [4.78, 5) is 20.6. The number of carbonyl (C=O) groups is 1. The summed E-state index contributed by atoms with van der Waals surface area (Å²) in [5.41, 5.74) is 0.918. The maximum atomic E-state index is 13.1. The Balaban J connectivity index is 1.42. The third-order valence-corrected chi connectivity index (χ3v) is 5.74. The van der Waals surface area contributed by atoms with Crippen molar-refractivity contribution < 1.29 is 13.7 Å². The molecule has 0 atom stereocenters. The van der Waals surface area contributed by atoms with Crippen molar-refractivity contribution in [2.45, 2.75) is 25.7 Å². The van der Waals surface area contributed by atoms with Crippen LogP contribution in [0, 0.1) is 12.7 Å². The Kier molecular flexibility index (Phi) is 4.55. The third-order valence-electron chi connectivity index (χ3n) is 4.62. The average molecular weight is 371 g/mol. The van der Waals surface area contributed by atoms with Gasteiger partial charge in [-0.1, -0.05) is 17.3 Å². The summed E-state index contributed by atoms with van der Waals surface area (Å²) in [5.74, 6) is 1.32. The number of aromatic nitrogens is 2.